The summed E-state index contributed by atoms with van der Waals surface area (Å²) < 4.78 is 10.5. The molecule has 2 heterocycles. The van der Waals surface area contributed by atoms with E-state index in [1.165, 1.54) is 32.5 Å². The van der Waals surface area contributed by atoms with E-state index < -0.39 is 0 Å². The van der Waals surface area contributed by atoms with Crippen molar-refractivity contribution >= 4 is 0 Å². The fourth-order valence-electron chi connectivity index (χ4n) is 2.87. The second-order valence-corrected chi connectivity index (χ2v) is 4.77. The molecule has 2 saturated heterocycles. The lowest BCUT2D eigenvalue weighted by Crippen LogP contribution is -2.46. The van der Waals surface area contributed by atoms with Gasteiger partial charge in [0.25, 0.3) is 0 Å². The third-order valence-electron chi connectivity index (χ3n) is 3.75. The van der Waals surface area contributed by atoms with E-state index in [0.29, 0.717) is 6.61 Å². The van der Waals surface area contributed by atoms with Gasteiger partial charge in [-0.25, -0.2) is 0 Å². The number of ether oxygens (including phenoxy) is 2. The van der Waals surface area contributed by atoms with Crippen LogP contribution in [0.25, 0.3) is 0 Å². The Labute approximate surface area is 98.3 Å². The van der Waals surface area contributed by atoms with Crippen LogP contribution < -0.4 is 5.32 Å². The maximum absolute atomic E-state index is 5.54. The first kappa shape index (κ1) is 12.3. The monoisotopic (exact) mass is 228 g/mol. The van der Waals surface area contributed by atoms with Crippen molar-refractivity contribution in [3.05, 3.63) is 0 Å². The molecule has 2 fully saturated rings. The third-order valence-corrected chi connectivity index (χ3v) is 3.75. The van der Waals surface area contributed by atoms with Crippen LogP contribution in [0.1, 0.15) is 12.8 Å². The van der Waals surface area contributed by atoms with Crippen molar-refractivity contribution in [3.8, 4) is 0 Å². The first-order valence-corrected chi connectivity index (χ1v) is 6.43. The van der Waals surface area contributed by atoms with E-state index >= 15 is 0 Å². The van der Waals surface area contributed by atoms with Crippen LogP contribution in [0.4, 0.5) is 0 Å². The molecule has 0 aliphatic carbocycles. The van der Waals surface area contributed by atoms with Crippen molar-refractivity contribution in [2.24, 2.45) is 5.92 Å². The summed E-state index contributed by atoms with van der Waals surface area (Å²) in [7, 11) is 1.71. The van der Waals surface area contributed by atoms with Gasteiger partial charge < -0.3 is 14.8 Å². The van der Waals surface area contributed by atoms with Gasteiger partial charge in [0.1, 0.15) is 0 Å². The Kier molecular flexibility index (Phi) is 5.03. The maximum atomic E-state index is 5.54. The zero-order valence-corrected chi connectivity index (χ0v) is 10.3. The Hall–Kier alpha value is -0.160. The van der Waals surface area contributed by atoms with Crippen LogP contribution in [-0.2, 0) is 9.47 Å². The van der Waals surface area contributed by atoms with Gasteiger partial charge in [0.15, 0.2) is 0 Å². The largest absolute Gasteiger partial charge is 0.382 e. The minimum atomic E-state index is 0.702. The topological polar surface area (TPSA) is 33.7 Å². The molecule has 0 radical (unpaired) electrons. The molecule has 0 aromatic carbocycles. The molecule has 0 amide bonds. The predicted octanol–water partition coefficient (Wildman–Crippen LogP) is 0.333. The van der Waals surface area contributed by atoms with E-state index in [1.807, 2.05) is 0 Å². The van der Waals surface area contributed by atoms with Gasteiger partial charge in [-0.15, -0.1) is 0 Å². The molecule has 2 aliphatic heterocycles. The highest BCUT2D eigenvalue weighted by Gasteiger charge is 2.34. The SMILES string of the molecule is COCCOCCN1CCCC2CNCC21. The Bertz CT molecular complexity index is 201. The molecule has 0 bridgehead atoms. The van der Waals surface area contributed by atoms with Gasteiger partial charge in [-0.3, -0.25) is 4.90 Å². The number of nitrogens with zero attached hydrogens (tertiary/aromatic N) is 1. The molecule has 4 heteroatoms. The molecule has 2 unspecified atom stereocenters. The van der Waals surface area contributed by atoms with Gasteiger partial charge in [0, 0.05) is 26.2 Å². The molecular formula is C12H24N2O2. The average Bonchev–Trinajstić information content (AvgIpc) is 2.77. The van der Waals surface area contributed by atoms with Crippen LogP contribution in [0.2, 0.25) is 0 Å². The fourth-order valence-corrected chi connectivity index (χ4v) is 2.87. The van der Waals surface area contributed by atoms with Crippen LogP contribution in [0, 0.1) is 5.92 Å². The quantitative estimate of drug-likeness (QED) is 0.665. The summed E-state index contributed by atoms with van der Waals surface area (Å²) in [6, 6.07) is 0.764. The number of nitrogens with one attached hydrogen (secondary N) is 1. The van der Waals surface area contributed by atoms with Gasteiger partial charge in [0.2, 0.25) is 0 Å². The average molecular weight is 228 g/mol. The smallest absolute Gasteiger partial charge is 0.0700 e. The molecule has 0 saturated carbocycles. The molecule has 0 aromatic heterocycles. The van der Waals surface area contributed by atoms with Gasteiger partial charge in [-0.05, 0) is 31.8 Å². The molecule has 2 atom stereocenters. The predicted molar refractivity (Wildman–Crippen MR) is 63.6 cm³/mol. The van der Waals surface area contributed by atoms with Crippen molar-refractivity contribution < 1.29 is 9.47 Å². The van der Waals surface area contributed by atoms with Gasteiger partial charge >= 0.3 is 0 Å². The summed E-state index contributed by atoms with van der Waals surface area (Å²) in [5.74, 6) is 0.882. The lowest BCUT2D eigenvalue weighted by Gasteiger charge is -2.36. The molecule has 4 nitrogen and oxygen atoms in total. The number of fused-ring (bicyclic) bond motifs is 1. The lowest BCUT2D eigenvalue weighted by molar-refractivity contribution is 0.0381. The van der Waals surface area contributed by atoms with Crippen LogP contribution >= 0.6 is 0 Å². The molecule has 2 aliphatic rings. The zero-order chi connectivity index (χ0) is 11.2. The van der Waals surface area contributed by atoms with Crippen LogP contribution in [0.3, 0.4) is 0 Å². The van der Waals surface area contributed by atoms with Crippen molar-refractivity contribution in [1.29, 1.82) is 0 Å². The highest BCUT2D eigenvalue weighted by atomic mass is 16.5. The molecule has 2 rings (SSSR count). The van der Waals surface area contributed by atoms with Crippen molar-refractivity contribution in [3.63, 3.8) is 0 Å². The van der Waals surface area contributed by atoms with Crippen molar-refractivity contribution in [2.75, 3.05) is 53.1 Å². The number of rotatable bonds is 6. The van der Waals surface area contributed by atoms with Crippen LogP contribution in [-0.4, -0.2) is 64.1 Å². The number of likely N-dealkylation sites (tertiary alicyclic amines) is 1. The summed E-state index contributed by atoms with van der Waals surface area (Å²) in [6.07, 6.45) is 2.75. The van der Waals surface area contributed by atoms with Gasteiger partial charge in [0.05, 0.1) is 19.8 Å². The Morgan fingerprint density at radius 1 is 1.25 bits per heavy atom. The molecular weight excluding hydrogens is 204 g/mol. The second kappa shape index (κ2) is 6.55. The van der Waals surface area contributed by atoms with Crippen LogP contribution in [0.5, 0.6) is 0 Å². The van der Waals surface area contributed by atoms with Gasteiger partial charge in [-0.1, -0.05) is 0 Å². The molecule has 0 aromatic rings. The second-order valence-electron chi connectivity index (χ2n) is 4.77. The van der Waals surface area contributed by atoms with E-state index in [4.69, 9.17) is 9.47 Å². The first-order chi connectivity index (χ1) is 7.92. The van der Waals surface area contributed by atoms with E-state index in [2.05, 4.69) is 10.2 Å². The minimum absolute atomic E-state index is 0.702. The van der Waals surface area contributed by atoms with Crippen LogP contribution in [0.15, 0.2) is 0 Å². The molecule has 94 valence electrons. The summed E-state index contributed by atoms with van der Waals surface area (Å²) in [5.41, 5.74) is 0. The minimum Gasteiger partial charge on any atom is -0.382 e. The summed E-state index contributed by atoms with van der Waals surface area (Å²) in [5, 5.41) is 3.50. The third kappa shape index (κ3) is 3.17. The molecule has 1 N–H and O–H groups in total. The Morgan fingerprint density at radius 2 is 2.19 bits per heavy atom. The highest BCUT2D eigenvalue weighted by molar-refractivity contribution is 4.91. The Morgan fingerprint density at radius 3 is 3.06 bits per heavy atom. The highest BCUT2D eigenvalue weighted by Crippen LogP contribution is 2.25. The number of piperidine rings is 1. The van der Waals surface area contributed by atoms with Crippen molar-refractivity contribution in [1.82, 2.24) is 10.2 Å². The van der Waals surface area contributed by atoms with E-state index in [0.717, 1.165) is 31.7 Å². The molecule has 0 spiro atoms. The summed E-state index contributed by atoms with van der Waals surface area (Å²) in [6.45, 7) is 6.97. The molecule has 16 heavy (non-hydrogen) atoms. The standard InChI is InChI=1S/C12H24N2O2/c1-15-7-8-16-6-5-14-4-2-3-11-9-13-10-12(11)14/h11-13H,2-10H2,1H3. The fraction of sp³-hybridized carbons (Fsp3) is 1.00. The van der Waals surface area contributed by atoms with E-state index in [9.17, 15) is 0 Å². The number of methoxy groups -OCH3 is 1. The van der Waals surface area contributed by atoms with Gasteiger partial charge in [-0.2, -0.15) is 0 Å². The summed E-state index contributed by atoms with van der Waals surface area (Å²) in [4.78, 5) is 2.60. The summed E-state index contributed by atoms with van der Waals surface area (Å²) >= 11 is 0. The Balaban J connectivity index is 1.64. The van der Waals surface area contributed by atoms with E-state index in [-0.39, 0.29) is 0 Å². The lowest BCUT2D eigenvalue weighted by atomic mass is 9.92. The normalized spacial score (nSPS) is 30.6. The van der Waals surface area contributed by atoms with Crippen molar-refractivity contribution in [2.45, 2.75) is 18.9 Å². The zero-order valence-electron chi connectivity index (χ0n) is 10.3. The number of hydrogen-bond acceptors (Lipinski definition) is 4. The first-order valence-electron chi connectivity index (χ1n) is 6.43. The number of hydrogen-bond donors (Lipinski definition) is 1. The van der Waals surface area contributed by atoms with E-state index in [1.54, 1.807) is 7.11 Å². The maximum Gasteiger partial charge on any atom is 0.0700 e.